The number of benzene rings is 3. The van der Waals surface area contributed by atoms with Gasteiger partial charge in [0.15, 0.2) is 17.3 Å². The second kappa shape index (κ2) is 28.7. The fourth-order valence-corrected chi connectivity index (χ4v) is 8.62. The molecule has 3 aromatic rings. The van der Waals surface area contributed by atoms with E-state index < -0.39 is 0 Å². The molecule has 0 unspecified atom stereocenters. The van der Waals surface area contributed by atoms with E-state index in [2.05, 4.69) is 14.7 Å². The highest BCUT2D eigenvalue weighted by molar-refractivity contribution is 6.03. The normalized spacial score (nSPS) is 14.9. The molecule has 0 aromatic heterocycles. The predicted molar refractivity (Wildman–Crippen MR) is 256 cm³/mol. The molecule has 0 spiro atoms. The van der Waals surface area contributed by atoms with Crippen molar-refractivity contribution in [3.8, 4) is 51.7 Å². The number of Topliss-reactive ketones (excluding diaryl/α,β-unsaturated/α-hetero) is 3. The van der Waals surface area contributed by atoms with E-state index in [1.807, 2.05) is 0 Å². The third-order valence-electron chi connectivity index (χ3n) is 12.2. The number of rotatable bonds is 24. The second-order valence-corrected chi connectivity index (χ2v) is 16.4. The summed E-state index contributed by atoms with van der Waals surface area (Å²) in [5.74, 6) is 5.01. The summed E-state index contributed by atoms with van der Waals surface area (Å²) in [6.45, 7) is 9.87. The van der Waals surface area contributed by atoms with Crippen molar-refractivity contribution in [1.82, 2.24) is 14.7 Å². The molecule has 0 bridgehead atoms. The average Bonchev–Trinajstić information content (AvgIpc) is 4.19. The number of carbonyl (C=O) groups is 3. The van der Waals surface area contributed by atoms with E-state index in [1.54, 1.807) is 100 Å². The monoisotopic (exact) mass is 922 g/mol. The molecule has 3 fully saturated rings. The van der Waals surface area contributed by atoms with Crippen LogP contribution in [0.2, 0.25) is 0 Å². The van der Waals surface area contributed by atoms with Crippen molar-refractivity contribution in [2.75, 3.05) is 123 Å². The van der Waals surface area contributed by atoms with Gasteiger partial charge in [-0.3, -0.25) is 14.4 Å². The highest BCUT2D eigenvalue weighted by Crippen LogP contribution is 2.37. The highest BCUT2D eigenvalue weighted by Gasteiger charge is 2.24. The van der Waals surface area contributed by atoms with Crippen molar-refractivity contribution in [1.29, 1.82) is 0 Å². The van der Waals surface area contributed by atoms with Crippen molar-refractivity contribution < 1.29 is 57.0 Å². The molecule has 3 heterocycles. The third kappa shape index (κ3) is 15.7. The van der Waals surface area contributed by atoms with Crippen LogP contribution in [0.1, 0.15) is 108 Å². The standard InChI is InChI=1S/3C17H25NO4/c3*1-20-13-11-15(21-2)17(16(12-13)22-3)14(19)7-6-10-18-8-4-5-9-18/h3*11-12H,4-10H2,1-3H3. The van der Waals surface area contributed by atoms with Crippen molar-refractivity contribution in [2.45, 2.75) is 77.0 Å². The molecule has 0 saturated carbocycles. The van der Waals surface area contributed by atoms with Crippen LogP contribution >= 0.6 is 0 Å². The molecular weight excluding hydrogens is 847 g/mol. The maximum Gasteiger partial charge on any atom is 0.170 e. The van der Waals surface area contributed by atoms with Gasteiger partial charge in [0, 0.05) is 55.7 Å². The Morgan fingerprint density at radius 3 is 0.712 bits per heavy atom. The number of likely N-dealkylation sites (tertiary alicyclic amines) is 3. The van der Waals surface area contributed by atoms with Crippen molar-refractivity contribution in [2.24, 2.45) is 0 Å². The lowest BCUT2D eigenvalue weighted by molar-refractivity contribution is 0.0961. The minimum absolute atomic E-state index is 0.0514. The lowest BCUT2D eigenvalue weighted by atomic mass is 10.0. The zero-order chi connectivity index (χ0) is 47.8. The van der Waals surface area contributed by atoms with Gasteiger partial charge in [0.05, 0.1) is 64.0 Å². The van der Waals surface area contributed by atoms with Crippen LogP contribution in [-0.2, 0) is 0 Å². The summed E-state index contributed by atoms with van der Waals surface area (Å²) in [6.07, 6.45) is 11.7. The van der Waals surface area contributed by atoms with Crippen LogP contribution in [-0.4, -0.2) is 155 Å². The number of nitrogens with zero attached hydrogens (tertiary/aromatic N) is 3. The topological polar surface area (TPSA) is 144 Å². The number of methoxy groups -OCH3 is 9. The summed E-state index contributed by atoms with van der Waals surface area (Å²) in [6, 6.07) is 10.3. The smallest absolute Gasteiger partial charge is 0.170 e. The molecule has 3 aliphatic rings. The first-order valence-corrected chi connectivity index (χ1v) is 23.2. The Kier molecular flexibility index (Phi) is 23.2. The maximum atomic E-state index is 12.6. The minimum atomic E-state index is 0.0514. The lowest BCUT2D eigenvalue weighted by Crippen LogP contribution is -2.21. The van der Waals surface area contributed by atoms with E-state index in [4.69, 9.17) is 42.6 Å². The Labute approximate surface area is 392 Å². The summed E-state index contributed by atoms with van der Waals surface area (Å²) in [5.41, 5.74) is 1.52. The van der Waals surface area contributed by atoms with Crippen LogP contribution in [0.4, 0.5) is 0 Å². The van der Waals surface area contributed by atoms with Gasteiger partial charge in [0.25, 0.3) is 0 Å². The average molecular weight is 922 g/mol. The van der Waals surface area contributed by atoms with Gasteiger partial charge in [-0.05, 0) is 117 Å². The summed E-state index contributed by atoms with van der Waals surface area (Å²) < 4.78 is 47.7. The van der Waals surface area contributed by atoms with E-state index in [0.29, 0.717) is 87.7 Å². The molecule has 3 aromatic carbocycles. The van der Waals surface area contributed by atoms with Gasteiger partial charge in [-0.2, -0.15) is 0 Å². The molecular formula is C51H75N3O12. The first kappa shape index (κ1) is 53.4. The van der Waals surface area contributed by atoms with E-state index in [9.17, 15) is 14.4 Å². The number of hydrogen-bond acceptors (Lipinski definition) is 15. The van der Waals surface area contributed by atoms with Gasteiger partial charge in [0.1, 0.15) is 68.4 Å². The zero-order valence-corrected chi connectivity index (χ0v) is 41.1. The van der Waals surface area contributed by atoms with Crippen LogP contribution in [0, 0.1) is 0 Å². The molecule has 66 heavy (non-hydrogen) atoms. The first-order valence-electron chi connectivity index (χ1n) is 23.2. The van der Waals surface area contributed by atoms with Gasteiger partial charge in [-0.15, -0.1) is 0 Å². The van der Waals surface area contributed by atoms with E-state index in [0.717, 1.165) is 78.2 Å². The lowest BCUT2D eigenvalue weighted by Gasteiger charge is -2.16. The van der Waals surface area contributed by atoms with Crippen LogP contribution in [0.25, 0.3) is 0 Å². The SMILES string of the molecule is COc1cc(OC)c(C(=O)CCCN2CCCC2)c(OC)c1.COc1cc(OC)c(C(=O)CCCN2CCCC2)c(OC)c1.COc1cc(OC)c(C(=O)CCCN2CCCC2)c(OC)c1. The number of hydrogen-bond donors (Lipinski definition) is 0. The van der Waals surface area contributed by atoms with Crippen molar-refractivity contribution >= 4 is 17.3 Å². The zero-order valence-electron chi connectivity index (χ0n) is 41.1. The van der Waals surface area contributed by atoms with Crippen molar-refractivity contribution in [3.05, 3.63) is 53.1 Å². The highest BCUT2D eigenvalue weighted by atomic mass is 16.5. The molecule has 15 nitrogen and oxygen atoms in total. The molecule has 366 valence electrons. The van der Waals surface area contributed by atoms with Gasteiger partial charge in [-0.1, -0.05) is 0 Å². The number of ether oxygens (including phenoxy) is 9. The van der Waals surface area contributed by atoms with Crippen LogP contribution in [0.15, 0.2) is 36.4 Å². The Morgan fingerprint density at radius 1 is 0.348 bits per heavy atom. The Balaban J connectivity index is 0.000000216. The van der Waals surface area contributed by atoms with Gasteiger partial charge < -0.3 is 57.3 Å². The molecule has 15 heteroatoms. The fourth-order valence-electron chi connectivity index (χ4n) is 8.62. The Hall–Kier alpha value is -5.25. The molecule has 0 radical (unpaired) electrons. The Bertz CT molecular complexity index is 1680. The molecule has 0 aliphatic carbocycles. The molecule has 0 amide bonds. The fraction of sp³-hybridized carbons (Fsp3) is 0.588. The largest absolute Gasteiger partial charge is 0.496 e. The molecule has 3 aliphatic heterocycles. The van der Waals surface area contributed by atoms with Crippen LogP contribution in [0.5, 0.6) is 51.7 Å². The van der Waals surface area contributed by atoms with Gasteiger partial charge >= 0.3 is 0 Å². The van der Waals surface area contributed by atoms with Crippen LogP contribution in [0.3, 0.4) is 0 Å². The summed E-state index contributed by atoms with van der Waals surface area (Å²) >= 11 is 0. The first-order chi connectivity index (χ1) is 32.1. The molecule has 3 saturated heterocycles. The molecule has 6 rings (SSSR count). The Morgan fingerprint density at radius 2 is 0.545 bits per heavy atom. The van der Waals surface area contributed by atoms with Crippen LogP contribution < -0.4 is 42.6 Å². The second-order valence-electron chi connectivity index (χ2n) is 16.4. The summed E-state index contributed by atoms with van der Waals surface area (Å²) in [4.78, 5) is 44.9. The van der Waals surface area contributed by atoms with Gasteiger partial charge in [0.2, 0.25) is 0 Å². The quantitative estimate of drug-likeness (QED) is 0.0794. The maximum absolute atomic E-state index is 12.6. The van der Waals surface area contributed by atoms with E-state index in [-0.39, 0.29) is 17.3 Å². The number of ketones is 3. The predicted octanol–water partition coefficient (Wildman–Crippen LogP) is 8.31. The van der Waals surface area contributed by atoms with E-state index in [1.165, 1.54) is 38.5 Å². The third-order valence-corrected chi connectivity index (χ3v) is 12.2. The summed E-state index contributed by atoms with van der Waals surface area (Å²) in [5, 5.41) is 0. The minimum Gasteiger partial charge on any atom is -0.496 e. The van der Waals surface area contributed by atoms with Gasteiger partial charge in [-0.25, -0.2) is 0 Å². The molecule has 0 N–H and O–H groups in total. The number of carbonyl (C=O) groups excluding carboxylic acids is 3. The van der Waals surface area contributed by atoms with E-state index >= 15 is 0 Å². The molecule has 0 atom stereocenters. The summed E-state index contributed by atoms with van der Waals surface area (Å²) in [7, 11) is 14.0. The van der Waals surface area contributed by atoms with Crippen molar-refractivity contribution in [3.63, 3.8) is 0 Å².